The molecule has 1 aromatic rings. The van der Waals surface area contributed by atoms with Crippen LogP contribution in [-0.4, -0.2) is 77.0 Å². The quantitative estimate of drug-likeness (QED) is 0.433. The Bertz CT molecular complexity index is 857. The van der Waals surface area contributed by atoms with Crippen LogP contribution in [0.1, 0.15) is 38.1 Å². The smallest absolute Gasteiger partial charge is 0.414 e. The van der Waals surface area contributed by atoms with Crippen molar-refractivity contribution >= 4 is 29.3 Å². The summed E-state index contributed by atoms with van der Waals surface area (Å²) in [6, 6.07) is 9.86. The van der Waals surface area contributed by atoms with Gasteiger partial charge in [-0.2, -0.15) is 5.26 Å². The molecular weight excluding hydrogens is 416 g/mol. The van der Waals surface area contributed by atoms with Gasteiger partial charge in [-0.25, -0.2) is 9.59 Å². The van der Waals surface area contributed by atoms with E-state index < -0.39 is 17.5 Å². The molecule has 0 aliphatic carbocycles. The Balaban J connectivity index is 0.000000751. The molecule has 1 saturated heterocycles. The van der Waals surface area contributed by atoms with Crippen LogP contribution < -0.4 is 10.2 Å². The highest BCUT2D eigenvalue weighted by Gasteiger charge is 2.30. The zero-order valence-electron chi connectivity index (χ0n) is 18.8. The monoisotopic (exact) mass is 446 g/mol. The van der Waals surface area contributed by atoms with Gasteiger partial charge in [-0.3, -0.25) is 14.5 Å². The van der Waals surface area contributed by atoms with E-state index in [1.54, 1.807) is 13.8 Å². The number of rotatable bonds is 6. The van der Waals surface area contributed by atoms with Gasteiger partial charge in [0, 0.05) is 37.4 Å². The molecule has 32 heavy (non-hydrogen) atoms. The number of benzene rings is 1. The van der Waals surface area contributed by atoms with Gasteiger partial charge < -0.3 is 20.4 Å². The minimum absolute atomic E-state index is 0.0475. The van der Waals surface area contributed by atoms with E-state index in [2.05, 4.69) is 21.2 Å². The molecule has 1 aliphatic heterocycles. The maximum absolute atomic E-state index is 12.3. The first-order chi connectivity index (χ1) is 14.9. The molecule has 1 unspecified atom stereocenters. The molecule has 0 saturated carbocycles. The van der Waals surface area contributed by atoms with Crippen LogP contribution in [0.15, 0.2) is 24.3 Å². The van der Waals surface area contributed by atoms with E-state index in [9.17, 15) is 14.9 Å². The first kappa shape index (κ1) is 26.6. The molecule has 10 heteroatoms. The van der Waals surface area contributed by atoms with Crippen molar-refractivity contribution < 1.29 is 29.4 Å². The van der Waals surface area contributed by atoms with Gasteiger partial charge in [0.15, 0.2) is 5.78 Å². The summed E-state index contributed by atoms with van der Waals surface area (Å²) in [5.41, 5.74) is 0.975. The number of piperazine rings is 1. The second-order valence-electron chi connectivity index (χ2n) is 7.99. The van der Waals surface area contributed by atoms with E-state index in [4.69, 9.17) is 19.8 Å². The van der Waals surface area contributed by atoms with Crippen LogP contribution in [0.3, 0.4) is 0 Å². The first-order valence-corrected chi connectivity index (χ1v) is 10.2. The summed E-state index contributed by atoms with van der Waals surface area (Å²) in [5.74, 6) is -3.64. The first-order valence-electron chi connectivity index (χ1n) is 10.2. The van der Waals surface area contributed by atoms with E-state index in [1.165, 1.54) is 0 Å². The predicted octanol–water partition coefficient (Wildman–Crippen LogP) is 1.22. The lowest BCUT2D eigenvalue weighted by molar-refractivity contribution is -0.159. The van der Waals surface area contributed by atoms with Gasteiger partial charge in [-0.15, -0.1) is 0 Å². The third kappa shape index (κ3) is 8.00. The predicted molar refractivity (Wildman–Crippen MR) is 117 cm³/mol. The van der Waals surface area contributed by atoms with Gasteiger partial charge in [-0.05, 0) is 44.0 Å². The number of Topliss-reactive ketones (excluding diaryl/α,β-unsaturated/α-hetero) is 1. The van der Waals surface area contributed by atoms with Crippen molar-refractivity contribution in [2.24, 2.45) is 5.92 Å². The number of anilines is 1. The van der Waals surface area contributed by atoms with Crippen LogP contribution in [0.25, 0.3) is 0 Å². The van der Waals surface area contributed by atoms with Gasteiger partial charge in [0.2, 0.25) is 5.91 Å². The average Bonchev–Trinajstić information content (AvgIpc) is 2.74. The number of carboxylic acid groups (broad SMARTS) is 2. The Morgan fingerprint density at radius 2 is 1.56 bits per heavy atom. The lowest BCUT2D eigenvalue weighted by Gasteiger charge is -2.36. The maximum Gasteiger partial charge on any atom is 0.414 e. The van der Waals surface area contributed by atoms with E-state index in [0.29, 0.717) is 6.54 Å². The zero-order valence-corrected chi connectivity index (χ0v) is 18.8. The van der Waals surface area contributed by atoms with Crippen molar-refractivity contribution in [3.8, 4) is 6.07 Å². The van der Waals surface area contributed by atoms with E-state index >= 15 is 0 Å². The Kier molecular flexibility index (Phi) is 9.81. The number of nitrogens with one attached hydrogen (secondary N) is 1. The Labute approximate surface area is 187 Å². The second-order valence-corrected chi connectivity index (χ2v) is 7.99. The Morgan fingerprint density at radius 1 is 1.06 bits per heavy atom. The molecule has 1 atom stereocenters. The highest BCUT2D eigenvalue weighted by Crippen LogP contribution is 2.18. The number of carbonyl (C=O) groups is 4. The number of nitriles is 1. The van der Waals surface area contributed by atoms with Crippen molar-refractivity contribution in [2.45, 2.75) is 33.2 Å². The number of nitrogens with zero attached hydrogens (tertiary/aromatic N) is 3. The summed E-state index contributed by atoms with van der Waals surface area (Å²) in [6.07, 6.45) is 0. The molecular formula is C22H30N4O6. The number of amides is 1. The Hall–Kier alpha value is -3.45. The molecule has 0 aromatic heterocycles. The summed E-state index contributed by atoms with van der Waals surface area (Å²) in [6.45, 7) is 10.7. The topological polar surface area (TPSA) is 151 Å². The van der Waals surface area contributed by atoms with Gasteiger partial charge in [0.25, 0.3) is 0 Å². The molecule has 10 nitrogen and oxygen atoms in total. The van der Waals surface area contributed by atoms with Crippen molar-refractivity contribution in [3.63, 3.8) is 0 Å². The molecule has 1 aliphatic rings. The third-order valence-electron chi connectivity index (χ3n) is 5.35. The fourth-order valence-corrected chi connectivity index (χ4v) is 2.90. The lowest BCUT2D eigenvalue weighted by atomic mass is 9.90. The zero-order chi connectivity index (χ0) is 24.5. The summed E-state index contributed by atoms with van der Waals surface area (Å²) < 4.78 is 0. The SMILES string of the molecule is CC(=O)c1ccc(N2CCN(CC(=O)NC(C)(C#N)C(C)C)CC2)cc1.O=C(O)C(=O)O. The number of aliphatic carboxylic acids is 2. The Morgan fingerprint density at radius 3 is 1.94 bits per heavy atom. The van der Waals surface area contributed by atoms with Gasteiger partial charge >= 0.3 is 11.9 Å². The van der Waals surface area contributed by atoms with Crippen molar-refractivity contribution in [1.82, 2.24) is 10.2 Å². The number of carbonyl (C=O) groups excluding carboxylic acids is 2. The largest absolute Gasteiger partial charge is 0.473 e. The number of hydrogen-bond donors (Lipinski definition) is 3. The number of carboxylic acids is 2. The minimum Gasteiger partial charge on any atom is -0.473 e. The average molecular weight is 447 g/mol. The van der Waals surface area contributed by atoms with E-state index in [1.807, 2.05) is 38.1 Å². The highest BCUT2D eigenvalue weighted by molar-refractivity contribution is 6.27. The summed E-state index contributed by atoms with van der Waals surface area (Å²) in [5, 5.41) is 27.0. The van der Waals surface area contributed by atoms with Crippen LogP contribution in [0.4, 0.5) is 5.69 Å². The van der Waals surface area contributed by atoms with Crippen LogP contribution in [-0.2, 0) is 14.4 Å². The van der Waals surface area contributed by atoms with Crippen molar-refractivity contribution in [2.75, 3.05) is 37.6 Å². The standard InChI is InChI=1S/C20H28N4O2.C2H2O4/c1-15(2)20(4,14-21)22-19(26)13-23-9-11-24(12-10-23)18-7-5-17(6-8-18)16(3)25;3-1(4)2(5)6/h5-8,15H,9-13H2,1-4H3,(H,22,26);(H,3,4)(H,5,6). The van der Waals surface area contributed by atoms with Crippen LogP contribution in [0, 0.1) is 17.2 Å². The molecule has 174 valence electrons. The fraction of sp³-hybridized carbons (Fsp3) is 0.500. The third-order valence-corrected chi connectivity index (χ3v) is 5.35. The molecule has 2 rings (SSSR count). The molecule has 1 amide bonds. The minimum atomic E-state index is -1.82. The van der Waals surface area contributed by atoms with Crippen LogP contribution >= 0.6 is 0 Å². The molecule has 1 heterocycles. The summed E-state index contributed by atoms with van der Waals surface area (Å²) in [7, 11) is 0. The number of ketones is 1. The summed E-state index contributed by atoms with van der Waals surface area (Å²) >= 11 is 0. The van der Waals surface area contributed by atoms with E-state index in [0.717, 1.165) is 37.4 Å². The maximum atomic E-state index is 12.3. The van der Waals surface area contributed by atoms with Crippen molar-refractivity contribution in [1.29, 1.82) is 5.26 Å². The molecule has 3 N–H and O–H groups in total. The molecule has 0 radical (unpaired) electrons. The molecule has 1 aromatic carbocycles. The van der Waals surface area contributed by atoms with Gasteiger partial charge in [-0.1, -0.05) is 13.8 Å². The van der Waals surface area contributed by atoms with Gasteiger partial charge in [0.05, 0.1) is 12.6 Å². The fourth-order valence-electron chi connectivity index (χ4n) is 2.90. The summed E-state index contributed by atoms with van der Waals surface area (Å²) in [4.78, 5) is 46.2. The normalized spacial score (nSPS) is 15.6. The lowest BCUT2D eigenvalue weighted by Crippen LogP contribution is -2.54. The molecule has 1 fully saturated rings. The highest BCUT2D eigenvalue weighted by atomic mass is 16.4. The number of hydrogen-bond acceptors (Lipinski definition) is 7. The molecule has 0 bridgehead atoms. The van der Waals surface area contributed by atoms with E-state index in [-0.39, 0.29) is 17.6 Å². The second kappa shape index (κ2) is 11.8. The van der Waals surface area contributed by atoms with Gasteiger partial charge in [0.1, 0.15) is 5.54 Å². The van der Waals surface area contributed by atoms with Crippen molar-refractivity contribution in [3.05, 3.63) is 29.8 Å². The molecule has 0 spiro atoms. The van der Waals surface area contributed by atoms with Crippen LogP contribution in [0.2, 0.25) is 0 Å². The van der Waals surface area contributed by atoms with Crippen LogP contribution in [0.5, 0.6) is 0 Å².